The van der Waals surface area contributed by atoms with Crippen molar-refractivity contribution in [2.75, 3.05) is 6.61 Å². The van der Waals surface area contributed by atoms with Gasteiger partial charge in [-0.25, -0.2) is 0 Å². The van der Waals surface area contributed by atoms with Crippen LogP contribution in [-0.4, -0.2) is 12.9 Å². The molecule has 1 saturated heterocycles. The topological polar surface area (TPSA) is 31.6 Å². The Bertz CT molecular complexity index is 331. The maximum absolute atomic E-state index is 5.85. The standard InChI is InChI=1S/C13H16O3/c1-2-5-12(11-7-9-14-10-11)16-13-6-3-4-8-15-13/h1,7,9-10,12-13H,3-6,8H2. The van der Waals surface area contributed by atoms with Crippen LogP contribution in [0.2, 0.25) is 0 Å². The summed E-state index contributed by atoms with van der Waals surface area (Å²) >= 11 is 0. The van der Waals surface area contributed by atoms with Gasteiger partial charge in [-0.15, -0.1) is 12.3 Å². The molecule has 1 aliphatic rings. The first-order valence-electron chi connectivity index (χ1n) is 5.63. The SMILES string of the molecule is C#CCC(OC1CCCCO1)c1ccoc1. The minimum absolute atomic E-state index is 0.119. The lowest BCUT2D eigenvalue weighted by molar-refractivity contribution is -0.188. The zero-order chi connectivity index (χ0) is 11.2. The van der Waals surface area contributed by atoms with Crippen LogP contribution in [0.25, 0.3) is 0 Å². The van der Waals surface area contributed by atoms with Gasteiger partial charge in [0.15, 0.2) is 6.29 Å². The number of ether oxygens (including phenoxy) is 2. The summed E-state index contributed by atoms with van der Waals surface area (Å²) in [6.07, 6.45) is 12.2. The summed E-state index contributed by atoms with van der Waals surface area (Å²) in [4.78, 5) is 0. The first-order chi connectivity index (χ1) is 7.90. The molecule has 0 aliphatic carbocycles. The molecule has 3 heteroatoms. The second-order valence-electron chi connectivity index (χ2n) is 3.89. The molecule has 2 atom stereocenters. The van der Waals surface area contributed by atoms with Gasteiger partial charge in [-0.2, -0.15) is 0 Å². The summed E-state index contributed by atoms with van der Waals surface area (Å²) in [5.41, 5.74) is 0.979. The van der Waals surface area contributed by atoms with Crippen LogP contribution < -0.4 is 0 Å². The van der Waals surface area contributed by atoms with Crippen molar-refractivity contribution in [1.82, 2.24) is 0 Å². The monoisotopic (exact) mass is 220 g/mol. The predicted octanol–water partition coefficient (Wildman–Crippen LogP) is 2.89. The van der Waals surface area contributed by atoms with E-state index in [4.69, 9.17) is 20.3 Å². The van der Waals surface area contributed by atoms with Gasteiger partial charge in [0.2, 0.25) is 0 Å². The maximum Gasteiger partial charge on any atom is 0.158 e. The number of furan rings is 1. The van der Waals surface area contributed by atoms with Gasteiger partial charge in [-0.1, -0.05) is 0 Å². The van der Waals surface area contributed by atoms with Crippen molar-refractivity contribution >= 4 is 0 Å². The van der Waals surface area contributed by atoms with Crippen LogP contribution in [0.4, 0.5) is 0 Å². The normalized spacial score (nSPS) is 22.6. The van der Waals surface area contributed by atoms with Crippen molar-refractivity contribution in [3.63, 3.8) is 0 Å². The van der Waals surface area contributed by atoms with Gasteiger partial charge in [-0.05, 0) is 25.3 Å². The lowest BCUT2D eigenvalue weighted by Crippen LogP contribution is -2.24. The molecule has 16 heavy (non-hydrogen) atoms. The number of hydrogen-bond donors (Lipinski definition) is 0. The number of rotatable bonds is 4. The van der Waals surface area contributed by atoms with E-state index in [-0.39, 0.29) is 12.4 Å². The van der Waals surface area contributed by atoms with Gasteiger partial charge in [0.25, 0.3) is 0 Å². The molecule has 86 valence electrons. The molecule has 0 spiro atoms. The van der Waals surface area contributed by atoms with Crippen molar-refractivity contribution in [3.05, 3.63) is 24.2 Å². The van der Waals surface area contributed by atoms with Gasteiger partial charge in [0.05, 0.1) is 18.6 Å². The Morgan fingerprint density at radius 1 is 1.56 bits per heavy atom. The van der Waals surface area contributed by atoms with Crippen molar-refractivity contribution in [1.29, 1.82) is 0 Å². The van der Waals surface area contributed by atoms with E-state index in [1.54, 1.807) is 12.5 Å². The third kappa shape index (κ3) is 2.88. The fourth-order valence-electron chi connectivity index (χ4n) is 1.81. The van der Waals surface area contributed by atoms with Crippen molar-refractivity contribution in [2.45, 2.75) is 38.1 Å². The molecule has 0 saturated carbocycles. The largest absolute Gasteiger partial charge is 0.472 e. The molecule has 0 N–H and O–H groups in total. The maximum atomic E-state index is 5.85. The summed E-state index contributed by atoms with van der Waals surface area (Å²) in [6, 6.07) is 1.88. The molecular formula is C13H16O3. The van der Waals surface area contributed by atoms with Gasteiger partial charge >= 0.3 is 0 Å². The third-order valence-electron chi connectivity index (χ3n) is 2.67. The Hall–Kier alpha value is -1.24. The third-order valence-corrected chi connectivity index (χ3v) is 2.67. The highest BCUT2D eigenvalue weighted by Crippen LogP contribution is 2.26. The molecule has 0 aromatic carbocycles. The van der Waals surface area contributed by atoms with Gasteiger partial charge in [0.1, 0.15) is 0 Å². The smallest absolute Gasteiger partial charge is 0.158 e. The van der Waals surface area contributed by atoms with E-state index < -0.39 is 0 Å². The van der Waals surface area contributed by atoms with E-state index in [9.17, 15) is 0 Å². The minimum atomic E-state index is -0.123. The van der Waals surface area contributed by atoms with E-state index in [1.807, 2.05) is 6.07 Å². The minimum Gasteiger partial charge on any atom is -0.472 e. The highest BCUT2D eigenvalue weighted by molar-refractivity contribution is 5.12. The summed E-state index contributed by atoms with van der Waals surface area (Å²) < 4.78 is 16.4. The summed E-state index contributed by atoms with van der Waals surface area (Å²) in [5, 5.41) is 0. The van der Waals surface area contributed by atoms with E-state index in [1.165, 1.54) is 0 Å². The fraction of sp³-hybridized carbons (Fsp3) is 0.538. The zero-order valence-electron chi connectivity index (χ0n) is 9.22. The molecule has 0 bridgehead atoms. The first-order valence-corrected chi connectivity index (χ1v) is 5.63. The average molecular weight is 220 g/mol. The Morgan fingerprint density at radius 2 is 2.50 bits per heavy atom. The fourth-order valence-corrected chi connectivity index (χ4v) is 1.81. The van der Waals surface area contributed by atoms with Crippen LogP contribution in [0, 0.1) is 12.3 Å². The number of terminal acetylenes is 1. The molecule has 1 fully saturated rings. The van der Waals surface area contributed by atoms with E-state index in [0.29, 0.717) is 6.42 Å². The zero-order valence-corrected chi connectivity index (χ0v) is 9.22. The van der Waals surface area contributed by atoms with Crippen LogP contribution in [-0.2, 0) is 9.47 Å². The highest BCUT2D eigenvalue weighted by atomic mass is 16.7. The summed E-state index contributed by atoms with van der Waals surface area (Å²) in [6.45, 7) is 0.777. The Labute approximate surface area is 95.7 Å². The Morgan fingerprint density at radius 3 is 3.12 bits per heavy atom. The lowest BCUT2D eigenvalue weighted by Gasteiger charge is -2.26. The molecule has 2 heterocycles. The molecule has 2 unspecified atom stereocenters. The van der Waals surface area contributed by atoms with Crippen LogP contribution in [0.5, 0.6) is 0 Å². The molecule has 1 aliphatic heterocycles. The molecule has 1 aromatic heterocycles. The molecule has 0 amide bonds. The van der Waals surface area contributed by atoms with Crippen molar-refractivity contribution < 1.29 is 13.9 Å². The average Bonchev–Trinajstić information content (AvgIpc) is 2.83. The molecule has 2 rings (SSSR count). The highest BCUT2D eigenvalue weighted by Gasteiger charge is 2.21. The number of hydrogen-bond acceptors (Lipinski definition) is 3. The van der Waals surface area contributed by atoms with Crippen molar-refractivity contribution in [3.8, 4) is 12.3 Å². The van der Waals surface area contributed by atoms with Crippen LogP contribution in [0.3, 0.4) is 0 Å². The second kappa shape index (κ2) is 5.74. The molecular weight excluding hydrogens is 204 g/mol. The van der Waals surface area contributed by atoms with Crippen LogP contribution >= 0.6 is 0 Å². The molecule has 0 radical (unpaired) electrons. The second-order valence-corrected chi connectivity index (χ2v) is 3.89. The van der Waals surface area contributed by atoms with Crippen LogP contribution in [0.1, 0.15) is 37.4 Å². The van der Waals surface area contributed by atoms with Crippen molar-refractivity contribution in [2.24, 2.45) is 0 Å². The van der Waals surface area contributed by atoms with E-state index in [0.717, 1.165) is 31.4 Å². The molecule has 1 aromatic rings. The summed E-state index contributed by atoms with van der Waals surface area (Å²) in [5.74, 6) is 2.62. The van der Waals surface area contributed by atoms with E-state index >= 15 is 0 Å². The van der Waals surface area contributed by atoms with E-state index in [2.05, 4.69) is 5.92 Å². The Balaban J connectivity index is 1.95. The quantitative estimate of drug-likeness (QED) is 0.731. The van der Waals surface area contributed by atoms with Gasteiger partial charge in [-0.3, -0.25) is 0 Å². The van der Waals surface area contributed by atoms with Gasteiger partial charge < -0.3 is 13.9 Å². The van der Waals surface area contributed by atoms with Crippen LogP contribution in [0.15, 0.2) is 23.0 Å². The molecule has 3 nitrogen and oxygen atoms in total. The summed E-state index contributed by atoms with van der Waals surface area (Å²) in [7, 11) is 0. The predicted molar refractivity (Wildman–Crippen MR) is 59.6 cm³/mol. The first kappa shape index (κ1) is 11.3. The lowest BCUT2D eigenvalue weighted by atomic mass is 10.1. The van der Waals surface area contributed by atoms with Gasteiger partial charge in [0, 0.05) is 18.6 Å². The Kier molecular flexibility index (Phi) is 4.03.